The Hall–Kier alpha value is -4.65. The molecule has 194 valence electrons. The third-order valence-corrected chi connectivity index (χ3v) is 5.80. The maximum Gasteiger partial charge on any atom is 0.573 e. The molecule has 0 bridgehead atoms. The van der Waals surface area contributed by atoms with E-state index in [1.807, 2.05) is 34.4 Å². The standard InChI is InChI=1S/C24H18ClF3N8O2/c1-35-20-12-16(25)6-11-19(20)36(23(35)29-17-7-9-18(10-8-17)38-24(26,27)28)13-14-2-4-15(5-3-14)21(37)30-22-31-33-34-32-22/h2-12H,13H2,1H3,(H2,30,31,32,33,34,37). The van der Waals surface area contributed by atoms with Crippen LogP contribution in [0.3, 0.4) is 0 Å². The van der Waals surface area contributed by atoms with Gasteiger partial charge in [-0.3, -0.25) is 10.1 Å². The van der Waals surface area contributed by atoms with Crippen molar-refractivity contribution in [2.24, 2.45) is 12.0 Å². The molecule has 5 aromatic rings. The Morgan fingerprint density at radius 2 is 1.82 bits per heavy atom. The number of amides is 1. The third-order valence-electron chi connectivity index (χ3n) is 5.56. The molecule has 2 N–H and O–H groups in total. The number of hydrogen-bond acceptors (Lipinski definition) is 6. The molecule has 38 heavy (non-hydrogen) atoms. The fourth-order valence-electron chi connectivity index (χ4n) is 3.85. The minimum absolute atomic E-state index is 0.133. The Balaban J connectivity index is 1.48. The van der Waals surface area contributed by atoms with Gasteiger partial charge in [0.2, 0.25) is 11.6 Å². The number of carbonyl (C=O) groups is 1. The van der Waals surface area contributed by atoms with E-state index in [0.29, 0.717) is 28.4 Å². The van der Waals surface area contributed by atoms with Crippen molar-refractivity contribution in [3.63, 3.8) is 0 Å². The Morgan fingerprint density at radius 1 is 1.08 bits per heavy atom. The third kappa shape index (κ3) is 5.52. The fraction of sp³-hybridized carbons (Fsp3) is 0.125. The highest BCUT2D eigenvalue weighted by Gasteiger charge is 2.31. The number of tetrazole rings is 1. The zero-order valence-corrected chi connectivity index (χ0v) is 20.3. The number of hydrogen-bond donors (Lipinski definition) is 2. The van der Waals surface area contributed by atoms with Crippen LogP contribution in [-0.4, -0.2) is 42.0 Å². The van der Waals surface area contributed by atoms with Gasteiger partial charge in [-0.1, -0.05) is 28.8 Å². The first-order valence-corrected chi connectivity index (χ1v) is 11.4. The topological polar surface area (TPSA) is 115 Å². The number of aryl methyl sites for hydroxylation is 1. The number of fused-ring (bicyclic) bond motifs is 1. The first-order valence-electron chi connectivity index (χ1n) is 11.1. The van der Waals surface area contributed by atoms with Crippen LogP contribution in [-0.2, 0) is 13.6 Å². The van der Waals surface area contributed by atoms with E-state index >= 15 is 0 Å². The number of ether oxygens (including phenoxy) is 1. The molecule has 3 aromatic carbocycles. The number of nitrogens with zero attached hydrogens (tertiary/aromatic N) is 6. The molecule has 10 nitrogen and oxygen atoms in total. The first kappa shape index (κ1) is 25.0. The predicted molar refractivity (Wildman–Crippen MR) is 132 cm³/mol. The summed E-state index contributed by atoms with van der Waals surface area (Å²) < 4.78 is 45.3. The quantitative estimate of drug-likeness (QED) is 0.326. The van der Waals surface area contributed by atoms with Crippen LogP contribution >= 0.6 is 11.6 Å². The molecule has 0 aliphatic carbocycles. The van der Waals surface area contributed by atoms with Gasteiger partial charge in [-0.05, 0) is 70.6 Å². The van der Waals surface area contributed by atoms with E-state index in [0.717, 1.165) is 16.6 Å². The summed E-state index contributed by atoms with van der Waals surface area (Å²) in [5.74, 6) is -0.582. The van der Waals surface area contributed by atoms with Crippen molar-refractivity contribution in [3.8, 4) is 5.75 Å². The summed E-state index contributed by atoms with van der Waals surface area (Å²) in [5, 5.41) is 16.0. The Kier molecular flexibility index (Phi) is 6.59. The molecular weight excluding hydrogens is 525 g/mol. The zero-order chi connectivity index (χ0) is 26.9. The van der Waals surface area contributed by atoms with Crippen LogP contribution < -0.4 is 15.7 Å². The molecule has 1 amide bonds. The lowest BCUT2D eigenvalue weighted by molar-refractivity contribution is -0.274. The lowest BCUT2D eigenvalue weighted by atomic mass is 10.1. The van der Waals surface area contributed by atoms with E-state index in [9.17, 15) is 18.0 Å². The summed E-state index contributed by atoms with van der Waals surface area (Å²) in [6.07, 6.45) is -4.78. The Labute approximate surface area is 217 Å². The van der Waals surface area contributed by atoms with Crippen molar-refractivity contribution in [1.29, 1.82) is 0 Å². The number of nitrogens with one attached hydrogen (secondary N) is 2. The van der Waals surface area contributed by atoms with Crippen molar-refractivity contribution in [1.82, 2.24) is 29.8 Å². The van der Waals surface area contributed by atoms with E-state index < -0.39 is 6.36 Å². The molecule has 0 atom stereocenters. The monoisotopic (exact) mass is 542 g/mol. The number of H-pyrrole nitrogens is 1. The normalized spacial score (nSPS) is 12.2. The van der Waals surface area contributed by atoms with Gasteiger partial charge in [0.1, 0.15) is 5.75 Å². The smallest absolute Gasteiger partial charge is 0.406 e. The predicted octanol–water partition coefficient (Wildman–Crippen LogP) is 4.58. The van der Waals surface area contributed by atoms with Crippen molar-refractivity contribution in [3.05, 3.63) is 88.5 Å². The first-order chi connectivity index (χ1) is 18.2. The summed E-state index contributed by atoms with van der Waals surface area (Å²) in [6, 6.07) is 17.7. The van der Waals surface area contributed by atoms with Crippen molar-refractivity contribution in [2.75, 3.05) is 5.32 Å². The van der Waals surface area contributed by atoms with Crippen LogP contribution in [0.5, 0.6) is 5.75 Å². The summed E-state index contributed by atoms with van der Waals surface area (Å²) in [5.41, 5.74) is 3.90. The highest BCUT2D eigenvalue weighted by Crippen LogP contribution is 2.25. The van der Waals surface area contributed by atoms with E-state index in [4.69, 9.17) is 11.6 Å². The molecular formula is C24H18ClF3N8O2. The summed E-state index contributed by atoms with van der Waals surface area (Å²) in [4.78, 5) is 17.1. The summed E-state index contributed by atoms with van der Waals surface area (Å²) in [7, 11) is 1.82. The van der Waals surface area contributed by atoms with Crippen LogP contribution in [0.25, 0.3) is 11.0 Å². The van der Waals surface area contributed by atoms with Crippen LogP contribution in [0.2, 0.25) is 5.02 Å². The van der Waals surface area contributed by atoms with E-state index in [-0.39, 0.29) is 17.6 Å². The number of alkyl halides is 3. The lowest BCUT2D eigenvalue weighted by Gasteiger charge is -2.09. The number of carbonyl (C=O) groups excluding carboxylic acids is 1. The van der Waals surface area contributed by atoms with Crippen molar-refractivity contribution in [2.45, 2.75) is 12.9 Å². The Bertz CT molecular complexity index is 1660. The maximum absolute atomic E-state index is 12.5. The molecule has 0 fully saturated rings. The average Bonchev–Trinajstić information content (AvgIpc) is 3.47. The molecule has 5 rings (SSSR count). The molecule has 0 spiro atoms. The highest BCUT2D eigenvalue weighted by molar-refractivity contribution is 6.31. The molecule has 0 unspecified atom stereocenters. The van der Waals surface area contributed by atoms with Gasteiger partial charge in [-0.15, -0.1) is 13.2 Å². The minimum Gasteiger partial charge on any atom is -0.406 e. The van der Waals surface area contributed by atoms with Crippen LogP contribution in [0.4, 0.5) is 24.8 Å². The molecule has 2 aromatic heterocycles. The van der Waals surface area contributed by atoms with Gasteiger partial charge in [-0.2, -0.15) is 0 Å². The van der Waals surface area contributed by atoms with Crippen molar-refractivity contribution >= 4 is 40.2 Å². The van der Waals surface area contributed by atoms with Gasteiger partial charge in [0.05, 0.1) is 23.3 Å². The molecule has 0 saturated carbocycles. The van der Waals surface area contributed by atoms with Gasteiger partial charge in [0, 0.05) is 17.6 Å². The molecule has 0 saturated heterocycles. The van der Waals surface area contributed by atoms with Gasteiger partial charge in [-0.25, -0.2) is 10.1 Å². The minimum atomic E-state index is -4.78. The number of rotatable bonds is 6. The second kappa shape index (κ2) is 10.0. The van der Waals surface area contributed by atoms with Crippen LogP contribution in [0.15, 0.2) is 71.7 Å². The number of imidazole rings is 1. The number of aromatic amines is 1. The second-order valence-electron chi connectivity index (χ2n) is 8.13. The van der Waals surface area contributed by atoms with Gasteiger partial charge >= 0.3 is 6.36 Å². The molecule has 0 aliphatic rings. The van der Waals surface area contributed by atoms with E-state index in [1.54, 1.807) is 24.3 Å². The van der Waals surface area contributed by atoms with Crippen molar-refractivity contribution < 1.29 is 22.7 Å². The highest BCUT2D eigenvalue weighted by atomic mass is 35.5. The molecule has 2 heterocycles. The number of anilines is 1. The lowest BCUT2D eigenvalue weighted by Crippen LogP contribution is -2.24. The van der Waals surface area contributed by atoms with Gasteiger partial charge in [0.15, 0.2) is 0 Å². The number of benzene rings is 3. The van der Waals surface area contributed by atoms with Gasteiger partial charge < -0.3 is 13.9 Å². The van der Waals surface area contributed by atoms with E-state index in [1.165, 1.54) is 24.3 Å². The van der Waals surface area contributed by atoms with Crippen LogP contribution in [0.1, 0.15) is 15.9 Å². The SMILES string of the molecule is Cn1c(=Nc2ccc(OC(F)(F)F)cc2)n(Cc2ccc(C(=O)Nc3nnn[nH]3)cc2)c2ccc(Cl)cc21. The zero-order valence-electron chi connectivity index (χ0n) is 19.6. The second-order valence-corrected chi connectivity index (χ2v) is 8.57. The average molecular weight is 543 g/mol. The molecule has 0 radical (unpaired) electrons. The van der Waals surface area contributed by atoms with E-state index in [2.05, 4.69) is 35.7 Å². The van der Waals surface area contributed by atoms with Gasteiger partial charge in [0.25, 0.3) is 5.91 Å². The Morgan fingerprint density at radius 3 is 2.47 bits per heavy atom. The van der Waals surface area contributed by atoms with Crippen LogP contribution in [0, 0.1) is 0 Å². The number of halogens is 4. The fourth-order valence-corrected chi connectivity index (χ4v) is 4.02. The summed E-state index contributed by atoms with van der Waals surface area (Å²) >= 11 is 6.23. The largest absolute Gasteiger partial charge is 0.573 e. The maximum atomic E-state index is 12.5. The summed E-state index contributed by atoms with van der Waals surface area (Å²) in [6.45, 7) is 0.390. The number of aromatic nitrogens is 6. The molecule has 0 aliphatic heterocycles. The molecule has 14 heteroatoms.